The molecule has 1 heterocycles. The lowest BCUT2D eigenvalue weighted by Crippen LogP contribution is -2.31. The zero-order valence-corrected chi connectivity index (χ0v) is 15.0. The maximum Gasteiger partial charge on any atom is 0.258 e. The Balaban J connectivity index is 1.57. The van der Waals surface area contributed by atoms with Gasteiger partial charge in [0.1, 0.15) is 11.8 Å². The first-order valence-electron chi connectivity index (χ1n) is 8.41. The summed E-state index contributed by atoms with van der Waals surface area (Å²) in [6.07, 6.45) is 0. The molecule has 6 heteroatoms. The first kappa shape index (κ1) is 17.7. The van der Waals surface area contributed by atoms with Crippen molar-refractivity contribution in [2.75, 3.05) is 6.61 Å². The van der Waals surface area contributed by atoms with Crippen molar-refractivity contribution in [3.63, 3.8) is 0 Å². The summed E-state index contributed by atoms with van der Waals surface area (Å²) in [5, 5.41) is 6.76. The van der Waals surface area contributed by atoms with Crippen molar-refractivity contribution in [1.82, 2.24) is 15.5 Å². The predicted octanol–water partition coefficient (Wildman–Crippen LogP) is 3.61. The number of aromatic nitrogens is 2. The average Bonchev–Trinajstić information content (AvgIpc) is 3.12. The highest BCUT2D eigenvalue weighted by Gasteiger charge is 2.17. The van der Waals surface area contributed by atoms with Crippen molar-refractivity contribution >= 4 is 5.91 Å². The van der Waals surface area contributed by atoms with Gasteiger partial charge in [-0.25, -0.2) is 0 Å². The normalized spacial score (nSPS) is 11.8. The molecule has 1 N–H and O–H groups in total. The molecule has 6 nitrogen and oxygen atoms in total. The second-order valence-corrected chi connectivity index (χ2v) is 6.17. The average molecular weight is 351 g/mol. The van der Waals surface area contributed by atoms with Gasteiger partial charge >= 0.3 is 0 Å². The van der Waals surface area contributed by atoms with Crippen LogP contribution in [0.3, 0.4) is 0 Å². The third-order valence-electron chi connectivity index (χ3n) is 3.91. The number of hydrogen-bond acceptors (Lipinski definition) is 5. The number of benzene rings is 2. The van der Waals surface area contributed by atoms with E-state index < -0.39 is 6.04 Å². The molecule has 0 spiro atoms. The second-order valence-electron chi connectivity index (χ2n) is 6.17. The quantitative estimate of drug-likeness (QED) is 0.734. The lowest BCUT2D eigenvalue weighted by Gasteiger charge is -2.12. The van der Waals surface area contributed by atoms with Gasteiger partial charge in [0.25, 0.3) is 5.91 Å². The monoisotopic (exact) mass is 351 g/mol. The van der Waals surface area contributed by atoms with Gasteiger partial charge in [-0.15, -0.1) is 0 Å². The van der Waals surface area contributed by atoms with E-state index in [2.05, 4.69) is 15.5 Å². The Morgan fingerprint density at radius 2 is 1.96 bits per heavy atom. The Kier molecular flexibility index (Phi) is 5.31. The molecule has 0 aliphatic heterocycles. The van der Waals surface area contributed by atoms with E-state index in [0.29, 0.717) is 17.5 Å². The number of nitrogens with one attached hydrogen (secondary N) is 1. The van der Waals surface area contributed by atoms with E-state index in [4.69, 9.17) is 9.26 Å². The number of rotatable bonds is 6. The molecule has 0 radical (unpaired) electrons. The topological polar surface area (TPSA) is 77.2 Å². The number of amides is 1. The molecule has 134 valence electrons. The van der Waals surface area contributed by atoms with Crippen molar-refractivity contribution in [1.29, 1.82) is 0 Å². The molecule has 2 aromatic carbocycles. The fourth-order valence-corrected chi connectivity index (χ4v) is 2.57. The van der Waals surface area contributed by atoms with E-state index in [1.54, 1.807) is 6.92 Å². The summed E-state index contributed by atoms with van der Waals surface area (Å²) in [6.45, 7) is 5.68. The number of hydrogen-bond donors (Lipinski definition) is 1. The fourth-order valence-electron chi connectivity index (χ4n) is 2.57. The predicted molar refractivity (Wildman–Crippen MR) is 97.7 cm³/mol. The first-order chi connectivity index (χ1) is 12.5. The van der Waals surface area contributed by atoms with Crippen molar-refractivity contribution in [2.24, 2.45) is 0 Å². The minimum atomic E-state index is -0.407. The molecule has 0 saturated heterocycles. The molecule has 3 rings (SSSR count). The highest BCUT2D eigenvalue weighted by Crippen LogP contribution is 2.19. The molecule has 0 saturated carbocycles. The minimum Gasteiger partial charge on any atom is -0.484 e. The Labute approximate surface area is 152 Å². The van der Waals surface area contributed by atoms with E-state index in [0.717, 1.165) is 16.7 Å². The zero-order chi connectivity index (χ0) is 18.5. The van der Waals surface area contributed by atoms with E-state index in [9.17, 15) is 4.79 Å². The van der Waals surface area contributed by atoms with Crippen LogP contribution in [-0.2, 0) is 4.79 Å². The maximum atomic E-state index is 12.1. The number of carbonyl (C=O) groups excluding carboxylic acids is 1. The summed E-state index contributed by atoms with van der Waals surface area (Å²) >= 11 is 0. The molecule has 0 unspecified atom stereocenters. The van der Waals surface area contributed by atoms with Crippen LogP contribution in [0, 0.1) is 13.8 Å². The molecule has 0 aliphatic carbocycles. The third-order valence-corrected chi connectivity index (χ3v) is 3.91. The van der Waals surface area contributed by atoms with E-state index in [1.165, 1.54) is 0 Å². The molecule has 0 aliphatic rings. The minimum absolute atomic E-state index is 0.0755. The SMILES string of the molecule is Cc1ccc(OCC(=O)N[C@@H](C)c2nc(-c3ccccc3)no2)c(C)c1. The molecule has 1 aromatic heterocycles. The van der Waals surface area contributed by atoms with Crippen LogP contribution < -0.4 is 10.1 Å². The van der Waals surface area contributed by atoms with Gasteiger partial charge in [-0.05, 0) is 32.4 Å². The van der Waals surface area contributed by atoms with Crippen LogP contribution >= 0.6 is 0 Å². The van der Waals surface area contributed by atoms with Crippen molar-refractivity contribution in [2.45, 2.75) is 26.8 Å². The molecular weight excluding hydrogens is 330 g/mol. The van der Waals surface area contributed by atoms with Crippen LogP contribution in [0.25, 0.3) is 11.4 Å². The number of carbonyl (C=O) groups is 1. The molecule has 1 amide bonds. The highest BCUT2D eigenvalue weighted by molar-refractivity contribution is 5.77. The first-order valence-corrected chi connectivity index (χ1v) is 8.41. The summed E-state index contributed by atoms with van der Waals surface area (Å²) in [5.74, 6) is 1.29. The van der Waals surface area contributed by atoms with Gasteiger partial charge in [-0.1, -0.05) is 53.2 Å². The Bertz CT molecular complexity index is 890. The molecular formula is C20H21N3O3. The third kappa shape index (κ3) is 4.27. The zero-order valence-electron chi connectivity index (χ0n) is 15.0. The Hall–Kier alpha value is -3.15. The van der Waals surface area contributed by atoms with Gasteiger partial charge in [0.2, 0.25) is 11.7 Å². The van der Waals surface area contributed by atoms with Gasteiger partial charge in [0, 0.05) is 5.56 Å². The van der Waals surface area contributed by atoms with Crippen molar-refractivity contribution in [3.05, 3.63) is 65.5 Å². The Morgan fingerprint density at radius 3 is 2.69 bits per heavy atom. The fraction of sp³-hybridized carbons (Fsp3) is 0.250. The summed E-state index contributed by atoms with van der Waals surface area (Å²) < 4.78 is 10.8. The van der Waals surface area contributed by atoms with Gasteiger partial charge in [0.05, 0.1) is 0 Å². The van der Waals surface area contributed by atoms with Crippen molar-refractivity contribution in [3.8, 4) is 17.1 Å². The smallest absolute Gasteiger partial charge is 0.258 e. The molecule has 0 fully saturated rings. The number of nitrogens with zero attached hydrogens (tertiary/aromatic N) is 2. The van der Waals surface area contributed by atoms with Crippen molar-refractivity contribution < 1.29 is 14.1 Å². The van der Waals surface area contributed by atoms with Crippen LogP contribution in [0.2, 0.25) is 0 Å². The molecule has 3 aromatic rings. The number of aryl methyl sites for hydroxylation is 2. The van der Waals surface area contributed by atoms with Gasteiger partial charge < -0.3 is 14.6 Å². The largest absolute Gasteiger partial charge is 0.484 e. The van der Waals surface area contributed by atoms with Crippen LogP contribution in [-0.4, -0.2) is 22.7 Å². The van der Waals surface area contributed by atoms with Crippen LogP contribution in [0.1, 0.15) is 30.0 Å². The van der Waals surface area contributed by atoms with Gasteiger partial charge in [0.15, 0.2) is 6.61 Å². The van der Waals surface area contributed by atoms with Gasteiger partial charge in [-0.3, -0.25) is 4.79 Å². The van der Waals surface area contributed by atoms with E-state index in [-0.39, 0.29) is 12.5 Å². The lowest BCUT2D eigenvalue weighted by molar-refractivity contribution is -0.123. The molecule has 0 bridgehead atoms. The van der Waals surface area contributed by atoms with Crippen LogP contribution in [0.15, 0.2) is 53.1 Å². The standard InChI is InChI=1S/C20H21N3O3/c1-13-9-10-17(14(2)11-13)25-12-18(24)21-15(3)20-22-19(23-26-20)16-7-5-4-6-8-16/h4-11,15H,12H2,1-3H3,(H,21,24)/t15-/m0/s1. The lowest BCUT2D eigenvalue weighted by atomic mass is 10.1. The maximum absolute atomic E-state index is 12.1. The molecule has 1 atom stereocenters. The van der Waals surface area contributed by atoms with Gasteiger partial charge in [-0.2, -0.15) is 4.98 Å². The van der Waals surface area contributed by atoms with Crippen LogP contribution in [0.5, 0.6) is 5.75 Å². The van der Waals surface area contributed by atoms with E-state index in [1.807, 2.05) is 62.4 Å². The summed E-state index contributed by atoms with van der Waals surface area (Å²) in [4.78, 5) is 16.5. The van der Waals surface area contributed by atoms with Crippen LogP contribution in [0.4, 0.5) is 0 Å². The summed E-state index contributed by atoms with van der Waals surface area (Å²) in [7, 11) is 0. The van der Waals surface area contributed by atoms with E-state index >= 15 is 0 Å². The molecule has 26 heavy (non-hydrogen) atoms. The highest BCUT2D eigenvalue weighted by atomic mass is 16.5. The summed E-state index contributed by atoms with van der Waals surface area (Å²) in [6, 6.07) is 14.9. The summed E-state index contributed by atoms with van der Waals surface area (Å²) in [5.41, 5.74) is 3.01. The second kappa shape index (κ2) is 7.82. The number of ether oxygens (including phenoxy) is 1. The Morgan fingerprint density at radius 1 is 1.19 bits per heavy atom.